The van der Waals surface area contributed by atoms with Crippen LogP contribution in [0.4, 0.5) is 29.5 Å². The van der Waals surface area contributed by atoms with Gasteiger partial charge in [-0.1, -0.05) is 43.2 Å². The van der Waals surface area contributed by atoms with Gasteiger partial charge in [0.15, 0.2) is 0 Å². The number of nitrogens with zero attached hydrogens (tertiary/aromatic N) is 1. The minimum absolute atomic E-state index is 0.0475. The van der Waals surface area contributed by atoms with Gasteiger partial charge in [0, 0.05) is 17.4 Å². The first-order chi connectivity index (χ1) is 14.9. The Bertz CT molecular complexity index is 1040. The van der Waals surface area contributed by atoms with Crippen LogP contribution in [0.15, 0.2) is 66.9 Å². The van der Waals surface area contributed by atoms with E-state index in [1.54, 1.807) is 12.3 Å². The summed E-state index contributed by atoms with van der Waals surface area (Å²) in [6.07, 6.45) is 2.29. The number of pyridine rings is 1. The summed E-state index contributed by atoms with van der Waals surface area (Å²) in [5.41, 5.74) is 2.55. The first kappa shape index (κ1) is 20.9. The molecule has 1 aliphatic carbocycles. The molecule has 1 aromatic heterocycles. The van der Waals surface area contributed by atoms with Crippen molar-refractivity contribution in [3.05, 3.63) is 78.0 Å². The largest absolute Gasteiger partial charge is 0.416 e. The van der Waals surface area contributed by atoms with Crippen LogP contribution < -0.4 is 10.6 Å². The van der Waals surface area contributed by atoms with Crippen molar-refractivity contribution in [3.8, 4) is 11.1 Å². The smallest absolute Gasteiger partial charge is 0.308 e. The number of urea groups is 1. The summed E-state index contributed by atoms with van der Waals surface area (Å²) in [5, 5.41) is 4.92. The molecule has 3 aromatic rings. The van der Waals surface area contributed by atoms with Crippen LogP contribution in [-0.4, -0.2) is 11.0 Å². The highest BCUT2D eigenvalue weighted by molar-refractivity contribution is 5.99. The fourth-order valence-electron chi connectivity index (χ4n) is 3.90. The molecule has 0 radical (unpaired) electrons. The average Bonchev–Trinajstić information content (AvgIpc) is 3.29. The van der Waals surface area contributed by atoms with Crippen LogP contribution >= 0.6 is 0 Å². The molecular formula is C24H22F3N3O. The van der Waals surface area contributed by atoms with Crippen molar-refractivity contribution < 1.29 is 18.0 Å². The molecule has 31 heavy (non-hydrogen) atoms. The molecule has 1 heterocycles. The minimum atomic E-state index is -4.47. The molecule has 1 saturated carbocycles. The van der Waals surface area contributed by atoms with Gasteiger partial charge >= 0.3 is 12.2 Å². The number of anilines is 2. The van der Waals surface area contributed by atoms with Crippen LogP contribution in [0.25, 0.3) is 11.1 Å². The Morgan fingerprint density at radius 3 is 2.26 bits per heavy atom. The van der Waals surface area contributed by atoms with Gasteiger partial charge in [-0.2, -0.15) is 13.2 Å². The van der Waals surface area contributed by atoms with E-state index in [4.69, 9.17) is 0 Å². The topological polar surface area (TPSA) is 54.0 Å². The van der Waals surface area contributed by atoms with Crippen LogP contribution in [0.2, 0.25) is 0 Å². The summed E-state index contributed by atoms with van der Waals surface area (Å²) in [4.78, 5) is 16.4. The lowest BCUT2D eigenvalue weighted by atomic mass is 9.95. The van der Waals surface area contributed by atoms with E-state index >= 15 is 0 Å². The summed E-state index contributed by atoms with van der Waals surface area (Å²) in [6, 6.07) is 15.8. The standard InChI is InChI=1S/C24H22F3N3O/c25-24(26,27)20-6-3-7-21(14-20)29-23(31)30-22-13-12-19(15-28-22)18-10-8-17(9-11-18)16-4-1-2-5-16/h3,6-16H,1-2,4-5H2,(H2,28,29,30,31). The third-order valence-corrected chi connectivity index (χ3v) is 5.52. The Balaban J connectivity index is 1.37. The lowest BCUT2D eigenvalue weighted by Crippen LogP contribution is -2.20. The van der Waals surface area contributed by atoms with Gasteiger partial charge in [0.2, 0.25) is 0 Å². The number of hydrogen-bond donors (Lipinski definition) is 2. The van der Waals surface area contributed by atoms with Crippen molar-refractivity contribution in [2.24, 2.45) is 0 Å². The SMILES string of the molecule is O=C(Nc1cccc(C(F)(F)F)c1)Nc1ccc(-c2ccc(C3CCCC3)cc2)cn1. The van der Waals surface area contributed by atoms with E-state index < -0.39 is 17.8 Å². The number of carbonyl (C=O) groups excluding carboxylic acids is 1. The fourth-order valence-corrected chi connectivity index (χ4v) is 3.90. The molecule has 0 unspecified atom stereocenters. The predicted molar refractivity (Wildman–Crippen MR) is 115 cm³/mol. The molecule has 7 heteroatoms. The highest BCUT2D eigenvalue weighted by Crippen LogP contribution is 2.35. The van der Waals surface area contributed by atoms with Gasteiger partial charge in [0.05, 0.1) is 5.56 Å². The average molecular weight is 425 g/mol. The predicted octanol–water partition coefficient (Wildman–Crippen LogP) is 7.07. The van der Waals surface area contributed by atoms with Gasteiger partial charge in [-0.05, 0) is 60.2 Å². The van der Waals surface area contributed by atoms with Gasteiger partial charge in [-0.15, -0.1) is 0 Å². The molecule has 2 amide bonds. The second kappa shape index (κ2) is 8.79. The lowest BCUT2D eigenvalue weighted by Gasteiger charge is -2.11. The minimum Gasteiger partial charge on any atom is -0.308 e. The van der Waals surface area contributed by atoms with Crippen molar-refractivity contribution >= 4 is 17.5 Å². The zero-order valence-corrected chi connectivity index (χ0v) is 16.7. The molecule has 1 fully saturated rings. The summed E-state index contributed by atoms with van der Waals surface area (Å²) in [6.45, 7) is 0. The van der Waals surface area contributed by atoms with Crippen LogP contribution in [0, 0.1) is 0 Å². The Kier molecular flexibility index (Phi) is 5.93. The molecule has 1 aliphatic rings. The van der Waals surface area contributed by atoms with Gasteiger partial charge in [-0.25, -0.2) is 9.78 Å². The Morgan fingerprint density at radius 2 is 1.61 bits per heavy atom. The van der Waals surface area contributed by atoms with Gasteiger partial charge in [-0.3, -0.25) is 5.32 Å². The molecule has 0 spiro atoms. The number of amides is 2. The molecule has 4 nitrogen and oxygen atoms in total. The summed E-state index contributed by atoms with van der Waals surface area (Å²) in [7, 11) is 0. The van der Waals surface area contributed by atoms with E-state index in [1.165, 1.54) is 43.4 Å². The lowest BCUT2D eigenvalue weighted by molar-refractivity contribution is -0.137. The Labute approximate surface area is 178 Å². The molecule has 0 bridgehead atoms. The van der Waals surface area contributed by atoms with E-state index in [0.717, 1.165) is 23.3 Å². The first-order valence-electron chi connectivity index (χ1n) is 10.2. The number of benzene rings is 2. The number of carbonyl (C=O) groups is 1. The summed E-state index contributed by atoms with van der Waals surface area (Å²) < 4.78 is 38.4. The molecule has 2 aromatic carbocycles. The highest BCUT2D eigenvalue weighted by atomic mass is 19.4. The maximum absolute atomic E-state index is 12.8. The maximum atomic E-state index is 12.8. The number of halogens is 3. The number of nitrogens with one attached hydrogen (secondary N) is 2. The third kappa shape index (κ3) is 5.23. The quantitative estimate of drug-likeness (QED) is 0.470. The number of aromatic nitrogens is 1. The second-order valence-electron chi connectivity index (χ2n) is 7.69. The van der Waals surface area contributed by atoms with E-state index in [0.29, 0.717) is 11.7 Å². The van der Waals surface area contributed by atoms with Gasteiger partial charge in [0.1, 0.15) is 5.82 Å². The molecule has 0 saturated heterocycles. The molecular weight excluding hydrogens is 403 g/mol. The fraction of sp³-hybridized carbons (Fsp3) is 0.250. The number of rotatable bonds is 4. The van der Waals surface area contributed by atoms with Gasteiger partial charge in [0.25, 0.3) is 0 Å². The molecule has 0 atom stereocenters. The molecule has 2 N–H and O–H groups in total. The van der Waals surface area contributed by atoms with Crippen molar-refractivity contribution in [3.63, 3.8) is 0 Å². The van der Waals surface area contributed by atoms with Crippen molar-refractivity contribution in [2.75, 3.05) is 10.6 Å². The Morgan fingerprint density at radius 1 is 0.903 bits per heavy atom. The van der Waals surface area contributed by atoms with Gasteiger partial charge < -0.3 is 5.32 Å². The number of alkyl halides is 3. The van der Waals surface area contributed by atoms with E-state index in [2.05, 4.69) is 39.9 Å². The number of hydrogen-bond acceptors (Lipinski definition) is 2. The summed E-state index contributed by atoms with van der Waals surface area (Å²) >= 11 is 0. The van der Waals surface area contributed by atoms with Crippen LogP contribution in [-0.2, 0) is 6.18 Å². The van der Waals surface area contributed by atoms with E-state index in [-0.39, 0.29) is 5.69 Å². The first-order valence-corrected chi connectivity index (χ1v) is 10.2. The van der Waals surface area contributed by atoms with Crippen LogP contribution in [0.3, 0.4) is 0 Å². The zero-order chi connectivity index (χ0) is 21.8. The Hall–Kier alpha value is -3.35. The van der Waals surface area contributed by atoms with Crippen LogP contribution in [0.5, 0.6) is 0 Å². The second-order valence-corrected chi connectivity index (χ2v) is 7.69. The van der Waals surface area contributed by atoms with Crippen molar-refractivity contribution in [1.29, 1.82) is 0 Å². The molecule has 4 rings (SSSR count). The highest BCUT2D eigenvalue weighted by Gasteiger charge is 2.30. The third-order valence-electron chi connectivity index (χ3n) is 5.52. The zero-order valence-electron chi connectivity index (χ0n) is 16.7. The maximum Gasteiger partial charge on any atom is 0.416 e. The van der Waals surface area contributed by atoms with E-state index in [9.17, 15) is 18.0 Å². The normalized spacial score (nSPS) is 14.4. The van der Waals surface area contributed by atoms with Crippen LogP contribution in [0.1, 0.15) is 42.7 Å². The van der Waals surface area contributed by atoms with Crippen molar-refractivity contribution in [1.82, 2.24) is 4.98 Å². The monoisotopic (exact) mass is 425 g/mol. The van der Waals surface area contributed by atoms with Crippen molar-refractivity contribution in [2.45, 2.75) is 37.8 Å². The molecule has 160 valence electrons. The summed E-state index contributed by atoms with van der Waals surface area (Å²) in [5.74, 6) is 0.963. The molecule has 0 aliphatic heterocycles. The van der Waals surface area contributed by atoms with E-state index in [1.807, 2.05) is 6.07 Å².